The molecule has 2 aromatic carbocycles. The van der Waals surface area contributed by atoms with E-state index >= 15 is 0 Å². The van der Waals surface area contributed by atoms with Gasteiger partial charge in [-0.2, -0.15) is 0 Å². The maximum Gasteiger partial charge on any atom is 0.254 e. The number of benzene rings is 2. The van der Waals surface area contributed by atoms with Gasteiger partial charge in [-0.3, -0.25) is 14.5 Å². The summed E-state index contributed by atoms with van der Waals surface area (Å²) in [5.74, 6) is 1.11. The number of amides is 2. The number of thioether (sulfide) groups is 1. The van der Waals surface area contributed by atoms with Gasteiger partial charge < -0.3 is 14.7 Å². The Hall–Kier alpha value is -3.40. The van der Waals surface area contributed by atoms with E-state index in [2.05, 4.69) is 46.0 Å². The quantitative estimate of drug-likeness (QED) is 0.209. The van der Waals surface area contributed by atoms with Crippen LogP contribution in [0.4, 0.5) is 5.82 Å². The summed E-state index contributed by atoms with van der Waals surface area (Å²) in [4.78, 5) is 43.5. The van der Waals surface area contributed by atoms with Gasteiger partial charge in [0.25, 0.3) is 5.91 Å². The van der Waals surface area contributed by atoms with E-state index in [4.69, 9.17) is 16.6 Å². The zero-order chi connectivity index (χ0) is 29.5. The molecule has 5 rings (SSSR count). The van der Waals surface area contributed by atoms with Gasteiger partial charge in [0, 0.05) is 70.0 Å². The first-order chi connectivity index (χ1) is 20.4. The number of aryl methyl sites for hydroxylation is 1. The lowest BCUT2D eigenvalue weighted by Gasteiger charge is -2.40. The van der Waals surface area contributed by atoms with Crippen molar-refractivity contribution in [3.05, 3.63) is 88.6 Å². The van der Waals surface area contributed by atoms with Crippen LogP contribution in [0.1, 0.15) is 28.4 Å². The van der Waals surface area contributed by atoms with Crippen LogP contribution in [0.3, 0.4) is 0 Å². The van der Waals surface area contributed by atoms with E-state index in [9.17, 15) is 9.59 Å². The van der Waals surface area contributed by atoms with Crippen LogP contribution in [0, 0.1) is 6.92 Å². The third-order valence-electron chi connectivity index (χ3n) is 7.69. The van der Waals surface area contributed by atoms with E-state index in [-0.39, 0.29) is 23.6 Å². The Kier molecular flexibility index (Phi) is 10.2. The number of nitrogens with zero attached hydrogens (tertiary/aromatic N) is 6. The summed E-state index contributed by atoms with van der Waals surface area (Å²) in [5, 5.41) is 0.833. The zero-order valence-corrected chi connectivity index (χ0v) is 25.7. The van der Waals surface area contributed by atoms with Crippen molar-refractivity contribution in [3.63, 3.8) is 0 Å². The van der Waals surface area contributed by atoms with E-state index in [1.165, 1.54) is 17.3 Å². The number of carbonyl (C=O) groups is 2. The molecule has 0 bridgehead atoms. The summed E-state index contributed by atoms with van der Waals surface area (Å²) in [6, 6.07) is 19.7. The lowest BCUT2D eigenvalue weighted by atomic mass is 10.1. The second kappa shape index (κ2) is 14.2. The molecule has 3 heterocycles. The molecule has 220 valence electrons. The molecule has 0 aliphatic carbocycles. The molecule has 2 amide bonds. The Labute approximate surface area is 257 Å². The van der Waals surface area contributed by atoms with Gasteiger partial charge in [0.1, 0.15) is 11.0 Å². The van der Waals surface area contributed by atoms with Crippen LogP contribution >= 0.6 is 23.4 Å². The molecular weight excluding hydrogens is 568 g/mol. The Balaban J connectivity index is 1.10. The van der Waals surface area contributed by atoms with Crippen molar-refractivity contribution in [1.82, 2.24) is 24.7 Å². The molecule has 2 fully saturated rings. The largest absolute Gasteiger partial charge is 0.353 e. The van der Waals surface area contributed by atoms with Crippen molar-refractivity contribution < 1.29 is 9.59 Å². The van der Waals surface area contributed by atoms with E-state index in [0.717, 1.165) is 31.0 Å². The average molecular weight is 605 g/mol. The van der Waals surface area contributed by atoms with Crippen molar-refractivity contribution in [2.45, 2.75) is 25.0 Å². The molecule has 2 aliphatic heterocycles. The molecule has 2 aliphatic rings. The van der Waals surface area contributed by atoms with Crippen LogP contribution in [0.15, 0.2) is 71.9 Å². The highest BCUT2D eigenvalue weighted by atomic mass is 35.5. The number of anilines is 1. The maximum absolute atomic E-state index is 13.1. The molecule has 1 aromatic heterocycles. The Bertz CT molecular complexity index is 1400. The second-order valence-electron chi connectivity index (χ2n) is 10.8. The highest BCUT2D eigenvalue weighted by Gasteiger charge is 2.29. The normalized spacial score (nSPS) is 18.1. The fourth-order valence-corrected chi connectivity index (χ4v) is 6.22. The summed E-state index contributed by atoms with van der Waals surface area (Å²) in [6.45, 7) is 9.93. The number of aromatic nitrogens is 2. The monoisotopic (exact) mass is 604 g/mol. The van der Waals surface area contributed by atoms with Crippen LogP contribution < -0.4 is 4.90 Å². The lowest BCUT2D eigenvalue weighted by Crippen LogP contribution is -2.54. The fourth-order valence-electron chi connectivity index (χ4n) is 5.24. The van der Waals surface area contributed by atoms with Gasteiger partial charge in [0.15, 0.2) is 5.16 Å². The minimum Gasteiger partial charge on any atom is -0.353 e. The Morgan fingerprint density at radius 1 is 0.976 bits per heavy atom. The van der Waals surface area contributed by atoms with E-state index in [1.54, 1.807) is 6.07 Å². The number of rotatable bonds is 8. The zero-order valence-electron chi connectivity index (χ0n) is 24.2. The number of halogens is 1. The van der Waals surface area contributed by atoms with Crippen molar-refractivity contribution in [2.75, 3.05) is 63.0 Å². The van der Waals surface area contributed by atoms with Crippen molar-refractivity contribution in [1.29, 1.82) is 0 Å². The van der Waals surface area contributed by atoms with Crippen molar-refractivity contribution >= 4 is 47.1 Å². The van der Waals surface area contributed by atoms with Crippen LogP contribution in [-0.2, 0) is 4.79 Å². The molecular formula is C32H37ClN6O2S. The SMILES string of the molecule is Cc1ccc(C(=O)N2CCN(c3cc(Cl)nc(SCC(=O)N4CCN(C/C=C/c5ccccc5)CC4)n3)CC2C)cc1. The maximum atomic E-state index is 13.1. The summed E-state index contributed by atoms with van der Waals surface area (Å²) in [7, 11) is 0. The summed E-state index contributed by atoms with van der Waals surface area (Å²) in [6.07, 6.45) is 4.32. The molecule has 42 heavy (non-hydrogen) atoms. The first kappa shape index (κ1) is 30.1. The third-order valence-corrected chi connectivity index (χ3v) is 8.72. The molecule has 2 saturated heterocycles. The van der Waals surface area contributed by atoms with Crippen molar-refractivity contribution in [3.8, 4) is 0 Å². The van der Waals surface area contributed by atoms with Gasteiger partial charge >= 0.3 is 0 Å². The average Bonchev–Trinajstić information content (AvgIpc) is 3.00. The first-order valence-electron chi connectivity index (χ1n) is 14.4. The number of hydrogen-bond donors (Lipinski definition) is 0. The van der Waals surface area contributed by atoms with Crippen molar-refractivity contribution in [2.24, 2.45) is 0 Å². The minimum absolute atomic E-state index is 0.00599. The molecule has 0 spiro atoms. The Morgan fingerprint density at radius 2 is 1.71 bits per heavy atom. The molecule has 1 atom stereocenters. The molecule has 10 heteroatoms. The predicted octanol–water partition coefficient (Wildman–Crippen LogP) is 4.74. The summed E-state index contributed by atoms with van der Waals surface area (Å²) < 4.78 is 0. The van der Waals surface area contributed by atoms with E-state index in [0.29, 0.717) is 48.6 Å². The molecule has 3 aromatic rings. The Morgan fingerprint density at radius 3 is 2.43 bits per heavy atom. The standard InChI is InChI=1S/C32H37ClN6O2S/c1-24-10-12-27(13-11-24)31(41)39-20-19-38(22-25(39)2)29-21-28(33)34-32(35-29)42-23-30(40)37-17-15-36(16-18-37)14-6-9-26-7-4-3-5-8-26/h3-13,21,25H,14-20,22-23H2,1-2H3/b9-6+. The smallest absolute Gasteiger partial charge is 0.254 e. The van der Waals surface area contributed by atoms with Gasteiger partial charge in [0.2, 0.25) is 5.91 Å². The summed E-state index contributed by atoms with van der Waals surface area (Å²) in [5.41, 5.74) is 3.03. The molecule has 8 nitrogen and oxygen atoms in total. The van der Waals surface area contributed by atoms with Crippen LogP contribution in [0.5, 0.6) is 0 Å². The van der Waals surface area contributed by atoms with Crippen LogP contribution in [0.2, 0.25) is 5.15 Å². The van der Waals surface area contributed by atoms with E-state index < -0.39 is 0 Å². The highest BCUT2D eigenvalue weighted by molar-refractivity contribution is 7.99. The summed E-state index contributed by atoms with van der Waals surface area (Å²) >= 11 is 7.69. The number of carbonyl (C=O) groups excluding carboxylic acids is 2. The predicted molar refractivity (Wildman–Crippen MR) is 170 cm³/mol. The molecule has 1 unspecified atom stereocenters. The highest BCUT2D eigenvalue weighted by Crippen LogP contribution is 2.25. The van der Waals surface area contributed by atoms with E-state index in [1.807, 2.05) is 59.2 Å². The molecule has 0 radical (unpaired) electrons. The second-order valence-corrected chi connectivity index (χ2v) is 12.1. The van der Waals surface area contributed by atoms with Gasteiger partial charge in [-0.05, 0) is 31.5 Å². The number of hydrogen-bond acceptors (Lipinski definition) is 7. The van der Waals surface area contributed by atoms with Gasteiger partial charge in [-0.15, -0.1) is 0 Å². The van der Waals surface area contributed by atoms with Gasteiger partial charge in [-0.1, -0.05) is 83.5 Å². The first-order valence-corrected chi connectivity index (χ1v) is 15.7. The fraction of sp³-hybridized carbons (Fsp3) is 0.375. The van der Waals surface area contributed by atoms with Crippen LogP contribution in [-0.4, -0.2) is 101 Å². The van der Waals surface area contributed by atoms with Gasteiger partial charge in [0.05, 0.1) is 5.75 Å². The lowest BCUT2D eigenvalue weighted by molar-refractivity contribution is -0.130. The minimum atomic E-state index is 0.00599. The number of piperazine rings is 2. The molecule has 0 saturated carbocycles. The van der Waals surface area contributed by atoms with Crippen LogP contribution in [0.25, 0.3) is 6.08 Å². The topological polar surface area (TPSA) is 72.9 Å². The van der Waals surface area contributed by atoms with Gasteiger partial charge in [-0.25, -0.2) is 9.97 Å². The third kappa shape index (κ3) is 7.91. The molecule has 0 N–H and O–H groups in total.